The van der Waals surface area contributed by atoms with Crippen molar-refractivity contribution in [3.8, 4) is 5.69 Å². The zero-order valence-corrected chi connectivity index (χ0v) is 13.7. The molecule has 1 aromatic carbocycles. The lowest BCUT2D eigenvalue weighted by Gasteiger charge is -2.33. The summed E-state index contributed by atoms with van der Waals surface area (Å²) in [5.74, 6) is -0.808. The number of carboxylic acids is 1. The number of hydrogen-bond donors (Lipinski definition) is 1. The molecule has 1 aromatic heterocycles. The number of fused-ring (bicyclic) bond motifs is 1. The molecule has 0 radical (unpaired) electrons. The third-order valence-electron chi connectivity index (χ3n) is 5.34. The number of nitrogens with zero attached hydrogens (tertiary/aromatic N) is 5. The van der Waals surface area contributed by atoms with E-state index in [2.05, 4.69) is 15.5 Å². The highest BCUT2D eigenvalue weighted by atomic mass is 16.4. The Bertz CT molecular complexity index is 774. The molecule has 1 saturated heterocycles. The normalized spacial score (nSPS) is 25.6. The van der Waals surface area contributed by atoms with Crippen LogP contribution in [0.4, 0.5) is 0 Å². The van der Waals surface area contributed by atoms with Crippen LogP contribution in [0.1, 0.15) is 42.5 Å². The largest absolute Gasteiger partial charge is 0.480 e. The highest BCUT2D eigenvalue weighted by molar-refractivity contribution is 5.97. The molecule has 8 heteroatoms. The summed E-state index contributed by atoms with van der Waals surface area (Å²) >= 11 is 0. The maximum Gasteiger partial charge on any atom is 0.326 e. The van der Waals surface area contributed by atoms with Crippen molar-refractivity contribution in [3.63, 3.8) is 0 Å². The predicted octanol–water partition coefficient (Wildman–Crippen LogP) is 1.52. The molecule has 0 unspecified atom stereocenters. The Labute approximate surface area is 144 Å². The van der Waals surface area contributed by atoms with Crippen molar-refractivity contribution in [1.29, 1.82) is 0 Å². The Hall–Kier alpha value is -2.77. The zero-order valence-electron chi connectivity index (χ0n) is 13.7. The first-order valence-electron chi connectivity index (χ1n) is 8.54. The fourth-order valence-electron chi connectivity index (χ4n) is 4.16. The van der Waals surface area contributed by atoms with E-state index in [0.29, 0.717) is 17.9 Å². The molecular formula is C17H19N5O3. The van der Waals surface area contributed by atoms with Gasteiger partial charge in [0.25, 0.3) is 5.91 Å². The molecule has 2 aromatic rings. The van der Waals surface area contributed by atoms with Crippen LogP contribution in [0.15, 0.2) is 30.6 Å². The molecular weight excluding hydrogens is 322 g/mol. The number of likely N-dealkylation sites (tertiary alicyclic amines) is 1. The minimum absolute atomic E-state index is 0.0431. The molecule has 1 N–H and O–H groups in total. The van der Waals surface area contributed by atoms with Crippen molar-refractivity contribution < 1.29 is 14.7 Å². The fraction of sp³-hybridized carbons (Fsp3) is 0.471. The number of hydrogen-bond acceptors (Lipinski definition) is 5. The summed E-state index contributed by atoms with van der Waals surface area (Å²) in [4.78, 5) is 26.3. The van der Waals surface area contributed by atoms with Gasteiger partial charge in [-0.25, -0.2) is 9.48 Å². The number of carbonyl (C=O) groups excluding carboxylic acids is 1. The van der Waals surface area contributed by atoms with Gasteiger partial charge in [0.1, 0.15) is 12.4 Å². The minimum atomic E-state index is -0.909. The summed E-state index contributed by atoms with van der Waals surface area (Å²) in [7, 11) is 0. The van der Waals surface area contributed by atoms with Crippen molar-refractivity contribution in [1.82, 2.24) is 25.1 Å². The van der Waals surface area contributed by atoms with Gasteiger partial charge in [-0.2, -0.15) is 0 Å². The predicted molar refractivity (Wildman–Crippen MR) is 87.1 cm³/mol. The average molecular weight is 341 g/mol. The highest BCUT2D eigenvalue weighted by Crippen LogP contribution is 2.40. The van der Waals surface area contributed by atoms with Gasteiger partial charge in [-0.3, -0.25) is 4.79 Å². The molecule has 3 atom stereocenters. The molecule has 130 valence electrons. The van der Waals surface area contributed by atoms with E-state index in [-0.39, 0.29) is 11.9 Å². The van der Waals surface area contributed by atoms with Gasteiger partial charge in [-0.15, -0.1) is 5.10 Å². The summed E-state index contributed by atoms with van der Waals surface area (Å²) in [6, 6.07) is 6.24. The number of amides is 1. The number of aliphatic carboxylic acids is 1. The van der Waals surface area contributed by atoms with Crippen LogP contribution < -0.4 is 0 Å². The zero-order chi connectivity index (χ0) is 17.4. The molecule has 2 heterocycles. The smallest absolute Gasteiger partial charge is 0.326 e. The standard InChI is InChI=1S/C17H19N5O3/c23-16(11-5-7-13(8-6-11)21-10-18-19-20-21)22-14-4-2-1-3-12(14)9-15(22)17(24)25/h5-8,10,12,14-15H,1-4,9H2,(H,24,25)/t12-,14+,15-/m0/s1. The Morgan fingerprint density at radius 1 is 1.12 bits per heavy atom. The Balaban J connectivity index is 1.61. The van der Waals surface area contributed by atoms with Crippen LogP contribution in [0.25, 0.3) is 5.69 Å². The third-order valence-corrected chi connectivity index (χ3v) is 5.34. The van der Waals surface area contributed by atoms with Crippen molar-refractivity contribution in [2.75, 3.05) is 0 Å². The number of benzene rings is 1. The van der Waals surface area contributed by atoms with Crippen molar-refractivity contribution in [2.24, 2.45) is 5.92 Å². The maximum atomic E-state index is 13.0. The summed E-state index contributed by atoms with van der Waals surface area (Å²) in [5.41, 5.74) is 1.24. The van der Waals surface area contributed by atoms with Crippen LogP contribution in [0, 0.1) is 5.92 Å². The quantitative estimate of drug-likeness (QED) is 0.908. The van der Waals surface area contributed by atoms with Gasteiger partial charge in [-0.05, 0) is 59.9 Å². The minimum Gasteiger partial charge on any atom is -0.480 e. The van der Waals surface area contributed by atoms with Crippen LogP contribution in [-0.2, 0) is 4.79 Å². The van der Waals surface area contributed by atoms with Crippen molar-refractivity contribution >= 4 is 11.9 Å². The molecule has 1 aliphatic carbocycles. The van der Waals surface area contributed by atoms with Gasteiger partial charge >= 0.3 is 5.97 Å². The maximum absolute atomic E-state index is 13.0. The van der Waals surface area contributed by atoms with Crippen LogP contribution >= 0.6 is 0 Å². The Kier molecular flexibility index (Phi) is 3.95. The topological polar surface area (TPSA) is 101 Å². The molecule has 1 amide bonds. The molecule has 1 aliphatic heterocycles. The van der Waals surface area contributed by atoms with E-state index in [1.807, 2.05) is 0 Å². The Morgan fingerprint density at radius 3 is 2.56 bits per heavy atom. The second-order valence-corrected chi connectivity index (χ2v) is 6.72. The average Bonchev–Trinajstić information content (AvgIpc) is 3.29. The van der Waals surface area contributed by atoms with Gasteiger partial charge in [-0.1, -0.05) is 12.8 Å². The van der Waals surface area contributed by atoms with Gasteiger partial charge < -0.3 is 10.0 Å². The lowest BCUT2D eigenvalue weighted by Crippen LogP contribution is -2.46. The molecule has 1 saturated carbocycles. The van der Waals surface area contributed by atoms with Gasteiger partial charge in [0, 0.05) is 11.6 Å². The van der Waals surface area contributed by atoms with Gasteiger partial charge in [0.05, 0.1) is 5.69 Å². The number of rotatable bonds is 3. The summed E-state index contributed by atoms with van der Waals surface area (Å²) in [6.07, 6.45) is 6.11. The van der Waals surface area contributed by atoms with E-state index in [1.165, 1.54) is 11.0 Å². The second-order valence-electron chi connectivity index (χ2n) is 6.72. The fourth-order valence-corrected chi connectivity index (χ4v) is 4.16. The van der Waals surface area contributed by atoms with E-state index in [1.54, 1.807) is 29.2 Å². The molecule has 2 fully saturated rings. The third kappa shape index (κ3) is 2.77. The van der Waals surface area contributed by atoms with E-state index < -0.39 is 12.0 Å². The molecule has 2 aliphatic rings. The van der Waals surface area contributed by atoms with Crippen molar-refractivity contribution in [2.45, 2.75) is 44.2 Å². The number of tetrazole rings is 1. The van der Waals surface area contributed by atoms with Crippen LogP contribution in [-0.4, -0.2) is 54.2 Å². The van der Waals surface area contributed by atoms with Gasteiger partial charge in [0.15, 0.2) is 0 Å². The van der Waals surface area contributed by atoms with Crippen LogP contribution in [0.5, 0.6) is 0 Å². The van der Waals surface area contributed by atoms with Crippen LogP contribution in [0.3, 0.4) is 0 Å². The first-order chi connectivity index (χ1) is 12.1. The molecule has 0 bridgehead atoms. The summed E-state index contributed by atoms with van der Waals surface area (Å²) in [6.45, 7) is 0. The Morgan fingerprint density at radius 2 is 1.88 bits per heavy atom. The number of carbonyl (C=O) groups is 2. The first-order valence-corrected chi connectivity index (χ1v) is 8.54. The second kappa shape index (κ2) is 6.27. The van der Waals surface area contributed by atoms with Crippen LogP contribution in [0.2, 0.25) is 0 Å². The molecule has 25 heavy (non-hydrogen) atoms. The monoisotopic (exact) mass is 341 g/mol. The SMILES string of the molecule is O=C(O)[C@@H]1C[C@@H]2CCCC[C@H]2N1C(=O)c1ccc(-n2cnnn2)cc1. The lowest BCUT2D eigenvalue weighted by atomic mass is 9.84. The first kappa shape index (κ1) is 15.7. The summed E-state index contributed by atoms with van der Waals surface area (Å²) < 4.78 is 1.50. The van der Waals surface area contributed by atoms with Crippen molar-refractivity contribution in [3.05, 3.63) is 36.2 Å². The molecule has 4 rings (SSSR count). The van der Waals surface area contributed by atoms with Gasteiger partial charge in [0.2, 0.25) is 0 Å². The van der Waals surface area contributed by atoms with E-state index >= 15 is 0 Å². The number of carboxylic acid groups (broad SMARTS) is 1. The lowest BCUT2D eigenvalue weighted by molar-refractivity contribution is -0.141. The van der Waals surface area contributed by atoms with E-state index in [4.69, 9.17) is 0 Å². The highest BCUT2D eigenvalue weighted by Gasteiger charge is 2.47. The molecule has 0 spiro atoms. The van der Waals surface area contributed by atoms with E-state index in [0.717, 1.165) is 31.4 Å². The van der Waals surface area contributed by atoms with E-state index in [9.17, 15) is 14.7 Å². The molecule has 8 nitrogen and oxygen atoms in total. The number of aromatic nitrogens is 4. The summed E-state index contributed by atoms with van der Waals surface area (Å²) in [5, 5.41) is 20.6.